The fourth-order valence-electron chi connectivity index (χ4n) is 1.61. The molecular formula is C12H8Cl3N3O3. The van der Waals surface area contributed by atoms with Gasteiger partial charge in [0.1, 0.15) is 11.5 Å². The molecule has 1 aromatic heterocycles. The standard InChI is InChI=1S/C12H8Cl3N3O3/c1-2-7-11(15)16-5-17-12(7)21-10-8(13)3-6(18(19)20)4-9(10)14/h3-5H,2H2,1H3. The van der Waals surface area contributed by atoms with Crippen LogP contribution in [0, 0.1) is 10.1 Å². The summed E-state index contributed by atoms with van der Waals surface area (Å²) < 4.78 is 5.56. The minimum atomic E-state index is -0.597. The average molecular weight is 349 g/mol. The van der Waals surface area contributed by atoms with E-state index in [1.54, 1.807) is 0 Å². The van der Waals surface area contributed by atoms with Gasteiger partial charge in [0.05, 0.1) is 20.5 Å². The van der Waals surface area contributed by atoms with Gasteiger partial charge in [-0.05, 0) is 6.42 Å². The van der Waals surface area contributed by atoms with Crippen LogP contribution < -0.4 is 4.74 Å². The molecule has 0 saturated heterocycles. The molecule has 0 aliphatic heterocycles. The number of halogens is 3. The number of rotatable bonds is 4. The summed E-state index contributed by atoms with van der Waals surface area (Å²) in [6, 6.07) is 2.30. The Hall–Kier alpha value is -1.63. The fourth-order valence-corrected chi connectivity index (χ4v) is 2.42. The van der Waals surface area contributed by atoms with E-state index in [0.29, 0.717) is 12.0 Å². The second-order valence-electron chi connectivity index (χ2n) is 3.90. The van der Waals surface area contributed by atoms with Gasteiger partial charge in [-0.1, -0.05) is 41.7 Å². The fraction of sp³-hybridized carbons (Fsp3) is 0.167. The molecule has 110 valence electrons. The summed E-state index contributed by atoms with van der Waals surface area (Å²) in [5.74, 6) is 0.281. The van der Waals surface area contributed by atoms with Crippen LogP contribution in [0.15, 0.2) is 18.5 Å². The molecule has 0 atom stereocenters. The quantitative estimate of drug-likeness (QED) is 0.454. The van der Waals surface area contributed by atoms with Crippen LogP contribution in [0.3, 0.4) is 0 Å². The lowest BCUT2D eigenvalue weighted by Gasteiger charge is -2.11. The zero-order valence-corrected chi connectivity index (χ0v) is 12.9. The molecule has 0 spiro atoms. The van der Waals surface area contributed by atoms with Crippen molar-refractivity contribution in [3.63, 3.8) is 0 Å². The molecule has 0 unspecified atom stereocenters. The Labute approximate surface area is 134 Å². The lowest BCUT2D eigenvalue weighted by molar-refractivity contribution is -0.384. The van der Waals surface area contributed by atoms with Crippen LogP contribution in [-0.2, 0) is 6.42 Å². The van der Waals surface area contributed by atoms with Gasteiger partial charge in [-0.15, -0.1) is 0 Å². The smallest absolute Gasteiger partial charge is 0.272 e. The molecule has 0 saturated carbocycles. The molecule has 0 aliphatic rings. The van der Waals surface area contributed by atoms with Gasteiger partial charge in [-0.3, -0.25) is 10.1 Å². The Balaban J connectivity index is 2.45. The highest BCUT2D eigenvalue weighted by molar-refractivity contribution is 6.37. The van der Waals surface area contributed by atoms with Crippen molar-refractivity contribution < 1.29 is 9.66 Å². The van der Waals surface area contributed by atoms with Crippen molar-refractivity contribution in [3.05, 3.63) is 49.3 Å². The van der Waals surface area contributed by atoms with Gasteiger partial charge in [0, 0.05) is 12.1 Å². The average Bonchev–Trinajstić information content (AvgIpc) is 2.42. The van der Waals surface area contributed by atoms with Gasteiger partial charge in [0.15, 0.2) is 5.75 Å². The molecule has 0 bridgehead atoms. The van der Waals surface area contributed by atoms with E-state index >= 15 is 0 Å². The third kappa shape index (κ3) is 3.34. The van der Waals surface area contributed by atoms with Gasteiger partial charge in [-0.25, -0.2) is 9.97 Å². The highest BCUT2D eigenvalue weighted by Crippen LogP contribution is 2.40. The number of nitro benzene ring substituents is 1. The molecule has 0 aliphatic carbocycles. The van der Waals surface area contributed by atoms with E-state index in [4.69, 9.17) is 39.5 Å². The number of benzene rings is 1. The predicted molar refractivity (Wildman–Crippen MR) is 79.6 cm³/mol. The Morgan fingerprint density at radius 3 is 2.38 bits per heavy atom. The van der Waals surface area contributed by atoms with E-state index in [9.17, 15) is 10.1 Å². The highest BCUT2D eigenvalue weighted by atomic mass is 35.5. The third-order valence-corrected chi connectivity index (χ3v) is 3.49. The summed E-state index contributed by atoms with van der Waals surface area (Å²) in [7, 11) is 0. The van der Waals surface area contributed by atoms with E-state index in [1.807, 2.05) is 6.92 Å². The topological polar surface area (TPSA) is 78.2 Å². The summed E-state index contributed by atoms with van der Waals surface area (Å²) in [5.41, 5.74) is 0.360. The summed E-state index contributed by atoms with van der Waals surface area (Å²) in [5, 5.41) is 11.0. The van der Waals surface area contributed by atoms with Crippen molar-refractivity contribution in [2.45, 2.75) is 13.3 Å². The Bertz CT molecular complexity index is 686. The lowest BCUT2D eigenvalue weighted by Crippen LogP contribution is -1.98. The Morgan fingerprint density at radius 2 is 1.86 bits per heavy atom. The van der Waals surface area contributed by atoms with E-state index < -0.39 is 4.92 Å². The van der Waals surface area contributed by atoms with E-state index in [1.165, 1.54) is 6.33 Å². The maximum Gasteiger partial charge on any atom is 0.272 e. The number of hydrogen-bond acceptors (Lipinski definition) is 5. The van der Waals surface area contributed by atoms with Crippen molar-refractivity contribution in [2.24, 2.45) is 0 Å². The zero-order chi connectivity index (χ0) is 15.6. The van der Waals surface area contributed by atoms with Gasteiger partial charge >= 0.3 is 0 Å². The molecule has 6 nitrogen and oxygen atoms in total. The molecule has 0 amide bonds. The van der Waals surface area contributed by atoms with Crippen molar-refractivity contribution >= 4 is 40.5 Å². The molecule has 0 radical (unpaired) electrons. The van der Waals surface area contributed by atoms with Crippen molar-refractivity contribution in [3.8, 4) is 11.6 Å². The van der Waals surface area contributed by atoms with Crippen molar-refractivity contribution in [2.75, 3.05) is 0 Å². The van der Waals surface area contributed by atoms with Crippen LogP contribution in [0.1, 0.15) is 12.5 Å². The first kappa shape index (κ1) is 15.8. The van der Waals surface area contributed by atoms with Crippen LogP contribution in [-0.4, -0.2) is 14.9 Å². The van der Waals surface area contributed by atoms with Crippen LogP contribution in [0.5, 0.6) is 11.6 Å². The Kier molecular flexibility index (Phi) is 4.82. The lowest BCUT2D eigenvalue weighted by atomic mass is 10.2. The molecule has 1 aromatic carbocycles. The summed E-state index contributed by atoms with van der Waals surface area (Å²) in [6.45, 7) is 1.86. The first-order valence-electron chi connectivity index (χ1n) is 5.74. The number of non-ortho nitro benzene ring substituents is 1. The second-order valence-corrected chi connectivity index (χ2v) is 5.07. The summed E-state index contributed by atoms with van der Waals surface area (Å²) in [4.78, 5) is 18.0. The van der Waals surface area contributed by atoms with Crippen LogP contribution in [0.4, 0.5) is 5.69 Å². The predicted octanol–water partition coefficient (Wildman–Crippen LogP) is 4.70. The first-order valence-corrected chi connectivity index (χ1v) is 6.88. The van der Waals surface area contributed by atoms with Crippen LogP contribution in [0.2, 0.25) is 15.2 Å². The highest BCUT2D eigenvalue weighted by Gasteiger charge is 2.18. The molecule has 21 heavy (non-hydrogen) atoms. The number of ether oxygens (including phenoxy) is 1. The van der Waals surface area contributed by atoms with Gasteiger partial charge in [0.2, 0.25) is 5.88 Å². The molecule has 1 heterocycles. The number of aromatic nitrogens is 2. The molecule has 2 aromatic rings. The Morgan fingerprint density at radius 1 is 1.24 bits per heavy atom. The minimum Gasteiger partial charge on any atom is -0.435 e. The molecule has 2 rings (SSSR count). The van der Waals surface area contributed by atoms with E-state index in [-0.39, 0.29) is 32.5 Å². The van der Waals surface area contributed by atoms with Gasteiger partial charge < -0.3 is 4.74 Å². The van der Waals surface area contributed by atoms with Crippen LogP contribution >= 0.6 is 34.8 Å². The summed E-state index contributed by atoms with van der Waals surface area (Å²) >= 11 is 17.9. The second kappa shape index (κ2) is 6.43. The molecule has 9 heteroatoms. The van der Waals surface area contributed by atoms with E-state index in [2.05, 4.69) is 9.97 Å². The monoisotopic (exact) mass is 347 g/mol. The number of hydrogen-bond donors (Lipinski definition) is 0. The van der Waals surface area contributed by atoms with Crippen LogP contribution in [0.25, 0.3) is 0 Å². The van der Waals surface area contributed by atoms with Gasteiger partial charge in [-0.2, -0.15) is 0 Å². The SMILES string of the molecule is CCc1c(Cl)ncnc1Oc1c(Cl)cc([N+](=O)[O-])cc1Cl. The number of nitrogens with zero attached hydrogens (tertiary/aromatic N) is 3. The minimum absolute atomic E-state index is 0.00554. The molecule has 0 fully saturated rings. The van der Waals surface area contributed by atoms with Gasteiger partial charge in [0.25, 0.3) is 5.69 Å². The zero-order valence-electron chi connectivity index (χ0n) is 10.6. The maximum absolute atomic E-state index is 10.7. The molecular weight excluding hydrogens is 341 g/mol. The first-order chi connectivity index (χ1) is 9.93. The normalized spacial score (nSPS) is 10.5. The summed E-state index contributed by atoms with van der Waals surface area (Å²) in [6.07, 6.45) is 1.78. The van der Waals surface area contributed by atoms with E-state index in [0.717, 1.165) is 12.1 Å². The van der Waals surface area contributed by atoms with Crippen molar-refractivity contribution in [1.29, 1.82) is 0 Å². The van der Waals surface area contributed by atoms with Crippen molar-refractivity contribution in [1.82, 2.24) is 9.97 Å². The largest absolute Gasteiger partial charge is 0.435 e. The third-order valence-electron chi connectivity index (χ3n) is 2.60. The number of nitro groups is 1. The maximum atomic E-state index is 10.7. The molecule has 0 N–H and O–H groups in total.